The number of hydrogen-bond donors (Lipinski definition) is 0. The number of hydrogen-bond acceptors (Lipinski definition) is 0. The van der Waals surface area contributed by atoms with Crippen LogP contribution in [0.25, 0.3) is 11.1 Å². The molecule has 0 aliphatic rings. The Morgan fingerprint density at radius 3 is 2.28 bits per heavy atom. The van der Waals surface area contributed by atoms with E-state index in [4.69, 9.17) is 11.6 Å². The first-order valence-corrected chi connectivity index (χ1v) is 7.16. The smallest absolute Gasteiger partial charge is 0.0720 e. The van der Waals surface area contributed by atoms with Crippen molar-refractivity contribution >= 4 is 27.0 Å². The third-order valence-electron chi connectivity index (χ3n) is 3.16. The molecule has 2 aromatic rings. The zero-order valence-electron chi connectivity index (χ0n) is 10.7. The monoisotopic (exact) mass is 271 g/mol. The fourth-order valence-electron chi connectivity index (χ4n) is 2.09. The second-order valence-corrected chi connectivity index (χ2v) is 5.56. The predicted octanol–water partition coefficient (Wildman–Crippen LogP) is 4.01. The summed E-state index contributed by atoms with van der Waals surface area (Å²) in [5.41, 5.74) is 4.92. The Hall–Kier alpha value is -1.05. The SMILES string of the molecule is CC(C)c1ccc(-c2c([Si])cccc2CCl)cc1. The van der Waals surface area contributed by atoms with E-state index in [1.807, 2.05) is 6.07 Å². The van der Waals surface area contributed by atoms with Gasteiger partial charge in [0.1, 0.15) is 0 Å². The molecular weight excluding hydrogens is 256 g/mol. The summed E-state index contributed by atoms with van der Waals surface area (Å²) in [5, 5.41) is 1.09. The molecule has 91 valence electrons. The highest BCUT2D eigenvalue weighted by molar-refractivity contribution is 6.36. The Morgan fingerprint density at radius 1 is 1.06 bits per heavy atom. The highest BCUT2D eigenvalue weighted by Gasteiger charge is 2.08. The van der Waals surface area contributed by atoms with Crippen LogP contribution in [-0.2, 0) is 5.88 Å². The molecule has 3 radical (unpaired) electrons. The van der Waals surface area contributed by atoms with Crippen LogP contribution >= 0.6 is 11.6 Å². The molecule has 0 heterocycles. The van der Waals surface area contributed by atoms with E-state index in [-0.39, 0.29) is 0 Å². The number of halogens is 1. The summed E-state index contributed by atoms with van der Waals surface area (Å²) in [5.74, 6) is 1.09. The Labute approximate surface area is 117 Å². The van der Waals surface area contributed by atoms with Crippen molar-refractivity contribution in [2.24, 2.45) is 0 Å². The molecule has 0 atom stereocenters. The molecule has 0 aromatic heterocycles. The molecular formula is C16H16ClSi. The maximum absolute atomic E-state index is 6.01. The molecule has 0 spiro atoms. The Kier molecular flexibility index (Phi) is 4.26. The van der Waals surface area contributed by atoms with Gasteiger partial charge in [-0.3, -0.25) is 0 Å². The van der Waals surface area contributed by atoms with E-state index in [1.165, 1.54) is 16.7 Å². The summed E-state index contributed by atoms with van der Waals surface area (Å²) < 4.78 is 0. The van der Waals surface area contributed by atoms with Crippen LogP contribution in [0.1, 0.15) is 30.9 Å². The largest absolute Gasteiger partial charge is 0.122 e. The molecule has 18 heavy (non-hydrogen) atoms. The van der Waals surface area contributed by atoms with Crippen molar-refractivity contribution in [1.82, 2.24) is 0 Å². The molecule has 2 aromatic carbocycles. The van der Waals surface area contributed by atoms with Crippen LogP contribution in [0.15, 0.2) is 42.5 Å². The maximum Gasteiger partial charge on any atom is 0.0720 e. The molecule has 2 heteroatoms. The van der Waals surface area contributed by atoms with Crippen molar-refractivity contribution in [3.63, 3.8) is 0 Å². The lowest BCUT2D eigenvalue weighted by Gasteiger charge is -2.12. The average molecular weight is 272 g/mol. The highest BCUT2D eigenvalue weighted by Crippen LogP contribution is 2.25. The molecule has 0 nitrogen and oxygen atoms in total. The van der Waals surface area contributed by atoms with Gasteiger partial charge in [-0.05, 0) is 28.2 Å². The van der Waals surface area contributed by atoms with Crippen molar-refractivity contribution in [2.45, 2.75) is 25.6 Å². The second kappa shape index (κ2) is 5.72. The minimum absolute atomic E-state index is 0.527. The van der Waals surface area contributed by atoms with Gasteiger partial charge >= 0.3 is 0 Å². The molecule has 0 unspecified atom stereocenters. The zero-order valence-corrected chi connectivity index (χ0v) is 12.5. The van der Waals surface area contributed by atoms with Crippen LogP contribution in [0.4, 0.5) is 0 Å². The maximum atomic E-state index is 6.01. The van der Waals surface area contributed by atoms with E-state index in [9.17, 15) is 0 Å². The summed E-state index contributed by atoms with van der Waals surface area (Å²) in [4.78, 5) is 0. The summed E-state index contributed by atoms with van der Waals surface area (Å²) in [6.45, 7) is 4.41. The predicted molar refractivity (Wildman–Crippen MR) is 80.9 cm³/mol. The molecule has 0 saturated heterocycles. The van der Waals surface area contributed by atoms with Crippen LogP contribution in [-0.4, -0.2) is 10.2 Å². The van der Waals surface area contributed by atoms with Gasteiger partial charge in [-0.15, -0.1) is 11.6 Å². The molecule has 0 aliphatic heterocycles. The van der Waals surface area contributed by atoms with Gasteiger partial charge in [-0.25, -0.2) is 0 Å². The van der Waals surface area contributed by atoms with Crippen molar-refractivity contribution < 1.29 is 0 Å². The van der Waals surface area contributed by atoms with Gasteiger partial charge in [-0.2, -0.15) is 0 Å². The number of alkyl halides is 1. The summed E-state index contributed by atoms with van der Waals surface area (Å²) >= 11 is 6.01. The van der Waals surface area contributed by atoms with Gasteiger partial charge < -0.3 is 0 Å². The molecule has 0 amide bonds. The topological polar surface area (TPSA) is 0 Å². The summed E-state index contributed by atoms with van der Waals surface area (Å²) in [6.07, 6.45) is 0. The average Bonchev–Trinajstić information content (AvgIpc) is 2.38. The lowest BCUT2D eigenvalue weighted by molar-refractivity contribution is 0.867. The first-order valence-electron chi connectivity index (χ1n) is 6.13. The van der Waals surface area contributed by atoms with E-state index >= 15 is 0 Å². The summed E-state index contributed by atoms with van der Waals surface area (Å²) in [6, 6.07) is 14.9. The van der Waals surface area contributed by atoms with E-state index in [2.05, 4.69) is 60.5 Å². The lowest BCUT2D eigenvalue weighted by atomic mass is 9.96. The fraction of sp³-hybridized carbons (Fsp3) is 0.250. The van der Waals surface area contributed by atoms with Gasteiger partial charge in [0.25, 0.3) is 0 Å². The summed E-state index contributed by atoms with van der Waals surface area (Å²) in [7, 11) is 3.67. The zero-order chi connectivity index (χ0) is 13.1. The van der Waals surface area contributed by atoms with Gasteiger partial charge in [0.05, 0.1) is 10.2 Å². The standard InChI is InChI=1S/C16H16ClSi/c1-11(2)12-6-8-13(9-7-12)16-14(10-17)4-3-5-15(16)18/h3-9,11H,10H2,1-2H3. The molecule has 0 fully saturated rings. The minimum atomic E-state index is 0.527. The Bertz CT molecular complexity index is 529. The van der Waals surface area contributed by atoms with Gasteiger partial charge in [0, 0.05) is 5.88 Å². The van der Waals surface area contributed by atoms with E-state index < -0.39 is 0 Å². The van der Waals surface area contributed by atoms with Crippen LogP contribution in [0.3, 0.4) is 0 Å². The van der Waals surface area contributed by atoms with E-state index in [1.54, 1.807) is 0 Å². The van der Waals surface area contributed by atoms with Crippen LogP contribution in [0.5, 0.6) is 0 Å². The highest BCUT2D eigenvalue weighted by atomic mass is 35.5. The first kappa shape index (κ1) is 13.4. The quantitative estimate of drug-likeness (QED) is 0.585. The van der Waals surface area contributed by atoms with Crippen molar-refractivity contribution in [3.05, 3.63) is 53.6 Å². The normalized spacial score (nSPS) is 10.9. The molecule has 0 bridgehead atoms. The fourth-order valence-corrected chi connectivity index (χ4v) is 2.71. The van der Waals surface area contributed by atoms with E-state index in [0.717, 1.165) is 10.8 Å². The number of benzene rings is 2. The van der Waals surface area contributed by atoms with Gasteiger partial charge in [0.2, 0.25) is 0 Å². The molecule has 0 saturated carbocycles. The van der Waals surface area contributed by atoms with Crippen molar-refractivity contribution in [3.8, 4) is 11.1 Å². The van der Waals surface area contributed by atoms with Crippen molar-refractivity contribution in [2.75, 3.05) is 0 Å². The first-order chi connectivity index (χ1) is 8.63. The molecule has 0 N–H and O–H groups in total. The lowest BCUT2D eigenvalue weighted by Crippen LogP contribution is -2.08. The number of rotatable bonds is 3. The minimum Gasteiger partial charge on any atom is -0.122 e. The van der Waals surface area contributed by atoms with E-state index in [0.29, 0.717) is 11.8 Å². The van der Waals surface area contributed by atoms with Crippen LogP contribution < -0.4 is 5.19 Å². The third-order valence-corrected chi connectivity index (χ3v) is 3.87. The third kappa shape index (κ3) is 2.68. The van der Waals surface area contributed by atoms with Crippen LogP contribution in [0.2, 0.25) is 0 Å². The van der Waals surface area contributed by atoms with Crippen LogP contribution in [0, 0.1) is 0 Å². The Morgan fingerprint density at radius 2 is 1.72 bits per heavy atom. The second-order valence-electron chi connectivity index (χ2n) is 4.75. The molecule has 2 rings (SSSR count). The Balaban J connectivity index is 2.48. The van der Waals surface area contributed by atoms with Gasteiger partial charge in [0.15, 0.2) is 0 Å². The van der Waals surface area contributed by atoms with Gasteiger partial charge in [-0.1, -0.05) is 61.5 Å². The van der Waals surface area contributed by atoms with Crippen molar-refractivity contribution in [1.29, 1.82) is 0 Å². The molecule has 0 aliphatic carbocycles.